The summed E-state index contributed by atoms with van der Waals surface area (Å²) in [6.45, 7) is 4.44. The molecular weight excluding hydrogens is 432 g/mol. The maximum Gasteiger partial charge on any atom is 0.237 e. The van der Waals surface area contributed by atoms with Crippen LogP contribution < -0.4 is 5.32 Å². The number of para-hydroxylation sites is 2. The van der Waals surface area contributed by atoms with Crippen molar-refractivity contribution in [3.8, 4) is 17.1 Å². The van der Waals surface area contributed by atoms with Crippen molar-refractivity contribution in [2.75, 3.05) is 5.32 Å². The van der Waals surface area contributed by atoms with Crippen LogP contribution in [0.2, 0.25) is 0 Å². The number of carbonyl (C=O) groups excluding carboxylic acids is 1. The molecule has 0 aliphatic rings. The number of carbonyl (C=O) groups is 1. The van der Waals surface area contributed by atoms with Crippen molar-refractivity contribution in [3.63, 3.8) is 0 Å². The topological polar surface area (TPSA) is 80.0 Å². The van der Waals surface area contributed by atoms with Gasteiger partial charge in [0.2, 0.25) is 5.91 Å². The zero-order valence-corrected chi connectivity index (χ0v) is 19.4. The quantitative estimate of drug-likeness (QED) is 0.349. The predicted octanol–water partition coefficient (Wildman–Crippen LogP) is 5.32. The lowest BCUT2D eigenvalue weighted by atomic mass is 10.1. The summed E-state index contributed by atoms with van der Waals surface area (Å²) >= 11 is 1.36. The van der Waals surface area contributed by atoms with Crippen LogP contribution in [-0.2, 0) is 17.8 Å². The highest BCUT2D eigenvalue weighted by atomic mass is 32.2. The van der Waals surface area contributed by atoms with Crippen molar-refractivity contribution < 1.29 is 9.90 Å². The summed E-state index contributed by atoms with van der Waals surface area (Å²) in [6.07, 6.45) is 0.775. The van der Waals surface area contributed by atoms with Gasteiger partial charge in [-0.1, -0.05) is 72.4 Å². The van der Waals surface area contributed by atoms with Gasteiger partial charge < -0.3 is 15.0 Å². The minimum atomic E-state index is -0.387. The molecule has 1 aromatic heterocycles. The first-order valence-electron chi connectivity index (χ1n) is 10.8. The van der Waals surface area contributed by atoms with Crippen molar-refractivity contribution in [2.24, 2.45) is 0 Å². The van der Waals surface area contributed by atoms with E-state index in [9.17, 15) is 9.90 Å². The maximum atomic E-state index is 12.9. The summed E-state index contributed by atoms with van der Waals surface area (Å²) < 4.78 is 1.98. The van der Waals surface area contributed by atoms with Gasteiger partial charge in [0, 0.05) is 12.2 Å². The van der Waals surface area contributed by atoms with Crippen molar-refractivity contribution in [1.82, 2.24) is 14.8 Å². The molecule has 3 aromatic carbocycles. The van der Waals surface area contributed by atoms with Crippen LogP contribution in [0.3, 0.4) is 0 Å². The Kier molecular flexibility index (Phi) is 7.10. The number of aryl methyl sites for hydroxylation is 2. The molecule has 4 aromatic rings. The lowest BCUT2D eigenvalue weighted by Crippen LogP contribution is -2.23. The summed E-state index contributed by atoms with van der Waals surface area (Å²) in [7, 11) is 0. The zero-order valence-electron chi connectivity index (χ0n) is 18.6. The molecule has 7 heteroatoms. The van der Waals surface area contributed by atoms with Gasteiger partial charge in [0.15, 0.2) is 11.0 Å². The SMILES string of the molecule is Cc1ccccc1NC(=O)[C@@H](C)Sc1nnc(-c2ccccc2O)n1CCc1ccccc1. The number of aromatic hydroxyl groups is 1. The van der Waals surface area contributed by atoms with E-state index in [-0.39, 0.29) is 16.9 Å². The van der Waals surface area contributed by atoms with Crippen LogP contribution in [0.1, 0.15) is 18.1 Å². The number of rotatable bonds is 8. The highest BCUT2D eigenvalue weighted by Crippen LogP contribution is 2.32. The summed E-state index contributed by atoms with van der Waals surface area (Å²) in [5.41, 5.74) is 3.61. The molecule has 0 radical (unpaired) electrons. The van der Waals surface area contributed by atoms with E-state index in [2.05, 4.69) is 27.6 Å². The fourth-order valence-corrected chi connectivity index (χ4v) is 4.36. The Morgan fingerprint density at radius 1 is 1.00 bits per heavy atom. The fourth-order valence-electron chi connectivity index (χ4n) is 3.48. The van der Waals surface area contributed by atoms with Crippen LogP contribution in [0.4, 0.5) is 5.69 Å². The Morgan fingerprint density at radius 2 is 1.70 bits per heavy atom. The third-order valence-electron chi connectivity index (χ3n) is 5.38. The van der Waals surface area contributed by atoms with Gasteiger partial charge in [-0.15, -0.1) is 10.2 Å². The molecule has 1 heterocycles. The Hall–Kier alpha value is -3.58. The first-order valence-corrected chi connectivity index (χ1v) is 11.7. The molecule has 0 aliphatic heterocycles. The average Bonchev–Trinajstić information content (AvgIpc) is 3.22. The third-order valence-corrected chi connectivity index (χ3v) is 6.46. The number of anilines is 1. The molecular formula is C26H26N4O2S. The molecule has 0 spiro atoms. The second-order valence-corrected chi connectivity index (χ2v) is 9.08. The van der Waals surface area contributed by atoms with E-state index in [1.807, 2.05) is 73.0 Å². The maximum absolute atomic E-state index is 12.9. The highest BCUT2D eigenvalue weighted by molar-refractivity contribution is 8.00. The Bertz CT molecular complexity index is 1240. The highest BCUT2D eigenvalue weighted by Gasteiger charge is 2.22. The molecule has 0 fully saturated rings. The normalized spacial score (nSPS) is 11.8. The molecule has 1 amide bonds. The number of thioether (sulfide) groups is 1. The number of amides is 1. The Morgan fingerprint density at radius 3 is 2.45 bits per heavy atom. The van der Waals surface area contributed by atoms with Crippen LogP contribution in [0.15, 0.2) is 84.0 Å². The van der Waals surface area contributed by atoms with Crippen LogP contribution in [0, 0.1) is 6.92 Å². The lowest BCUT2D eigenvalue weighted by molar-refractivity contribution is -0.115. The predicted molar refractivity (Wildman–Crippen MR) is 132 cm³/mol. The minimum Gasteiger partial charge on any atom is -0.507 e. The van der Waals surface area contributed by atoms with E-state index < -0.39 is 0 Å². The molecule has 0 saturated carbocycles. The van der Waals surface area contributed by atoms with Crippen molar-refractivity contribution >= 4 is 23.4 Å². The van der Waals surface area contributed by atoms with Crippen molar-refractivity contribution in [2.45, 2.75) is 37.2 Å². The molecule has 0 unspecified atom stereocenters. The number of hydrogen-bond acceptors (Lipinski definition) is 5. The summed E-state index contributed by atoms with van der Waals surface area (Å²) in [4.78, 5) is 12.9. The zero-order chi connectivity index (χ0) is 23.2. The molecule has 1 atom stereocenters. The molecule has 0 aliphatic carbocycles. The van der Waals surface area contributed by atoms with Gasteiger partial charge in [-0.25, -0.2) is 0 Å². The Balaban J connectivity index is 1.58. The summed E-state index contributed by atoms with van der Waals surface area (Å²) in [5.74, 6) is 0.627. The summed E-state index contributed by atoms with van der Waals surface area (Å²) in [5, 5.41) is 22.4. The number of phenols is 1. The van der Waals surface area contributed by atoms with Crippen LogP contribution >= 0.6 is 11.8 Å². The molecule has 0 bridgehead atoms. The Labute approximate surface area is 197 Å². The van der Waals surface area contributed by atoms with Crippen LogP contribution in [0.25, 0.3) is 11.4 Å². The number of aromatic nitrogens is 3. The van der Waals surface area contributed by atoms with Gasteiger partial charge >= 0.3 is 0 Å². The van der Waals surface area contributed by atoms with E-state index in [0.29, 0.717) is 23.1 Å². The van der Waals surface area contributed by atoms with E-state index in [1.54, 1.807) is 12.1 Å². The largest absolute Gasteiger partial charge is 0.507 e. The molecule has 33 heavy (non-hydrogen) atoms. The molecule has 6 nitrogen and oxygen atoms in total. The number of phenolic OH excluding ortho intramolecular Hbond substituents is 1. The fraction of sp³-hybridized carbons (Fsp3) is 0.192. The van der Waals surface area contributed by atoms with Gasteiger partial charge in [-0.2, -0.15) is 0 Å². The number of benzene rings is 3. The van der Waals surface area contributed by atoms with E-state index in [1.165, 1.54) is 17.3 Å². The number of hydrogen-bond donors (Lipinski definition) is 2. The molecule has 4 rings (SSSR count). The van der Waals surface area contributed by atoms with Gasteiger partial charge in [0.05, 0.1) is 10.8 Å². The molecule has 0 saturated heterocycles. The second kappa shape index (κ2) is 10.4. The molecule has 168 valence electrons. The minimum absolute atomic E-state index is 0.101. The van der Waals surface area contributed by atoms with E-state index in [4.69, 9.17) is 0 Å². The number of nitrogens with one attached hydrogen (secondary N) is 1. The number of nitrogens with zero attached hydrogens (tertiary/aromatic N) is 3. The van der Waals surface area contributed by atoms with Crippen molar-refractivity contribution in [1.29, 1.82) is 0 Å². The van der Waals surface area contributed by atoms with E-state index in [0.717, 1.165) is 17.7 Å². The van der Waals surface area contributed by atoms with Crippen LogP contribution in [-0.4, -0.2) is 31.0 Å². The van der Waals surface area contributed by atoms with Crippen molar-refractivity contribution in [3.05, 3.63) is 90.0 Å². The van der Waals surface area contributed by atoms with Gasteiger partial charge in [0.1, 0.15) is 5.75 Å². The van der Waals surface area contributed by atoms with Gasteiger partial charge in [0.25, 0.3) is 0 Å². The first-order chi connectivity index (χ1) is 16.0. The molecule has 2 N–H and O–H groups in total. The average molecular weight is 459 g/mol. The summed E-state index contributed by atoms with van der Waals surface area (Å²) in [6, 6.07) is 25.0. The monoisotopic (exact) mass is 458 g/mol. The van der Waals surface area contributed by atoms with Gasteiger partial charge in [-0.3, -0.25) is 4.79 Å². The lowest BCUT2D eigenvalue weighted by Gasteiger charge is -2.15. The van der Waals surface area contributed by atoms with Gasteiger partial charge in [-0.05, 0) is 49.6 Å². The van der Waals surface area contributed by atoms with E-state index >= 15 is 0 Å². The first kappa shape index (κ1) is 22.6. The second-order valence-electron chi connectivity index (χ2n) is 7.77. The third kappa shape index (κ3) is 5.43. The van der Waals surface area contributed by atoms with Crippen LogP contribution in [0.5, 0.6) is 5.75 Å². The standard InChI is InChI=1S/C26H26N4O2S/c1-18-10-6-8-14-22(18)27-25(32)19(2)33-26-29-28-24(21-13-7-9-15-23(21)31)30(26)17-16-20-11-4-3-5-12-20/h3-15,19,31H,16-17H2,1-2H3,(H,27,32)/t19-/m1/s1. The smallest absolute Gasteiger partial charge is 0.237 e.